The van der Waals surface area contributed by atoms with Gasteiger partial charge in [-0.25, -0.2) is 4.98 Å². The maximum atomic E-state index is 12.3. The molecular formula is C16H17N3O3S. The number of thiazole rings is 1. The Hall–Kier alpha value is -2.41. The second-order valence-electron chi connectivity index (χ2n) is 5.30. The Morgan fingerprint density at radius 2 is 2.35 bits per heavy atom. The summed E-state index contributed by atoms with van der Waals surface area (Å²) < 4.78 is 5.40. The van der Waals surface area contributed by atoms with Gasteiger partial charge in [0.2, 0.25) is 11.8 Å². The first-order valence-electron chi connectivity index (χ1n) is 7.39. The lowest BCUT2D eigenvalue weighted by Gasteiger charge is -2.22. The van der Waals surface area contributed by atoms with Gasteiger partial charge in [0.25, 0.3) is 0 Å². The number of aromatic nitrogens is 1. The molecule has 1 fully saturated rings. The summed E-state index contributed by atoms with van der Waals surface area (Å²) >= 11 is 1.36. The van der Waals surface area contributed by atoms with Crippen molar-refractivity contribution in [2.24, 2.45) is 0 Å². The molecule has 1 aliphatic heterocycles. The van der Waals surface area contributed by atoms with E-state index in [-0.39, 0.29) is 11.8 Å². The number of hydrogen-bond donors (Lipinski definition) is 1. The van der Waals surface area contributed by atoms with E-state index in [0.29, 0.717) is 23.9 Å². The van der Waals surface area contributed by atoms with Crippen molar-refractivity contribution in [3.8, 4) is 0 Å². The highest BCUT2D eigenvalue weighted by atomic mass is 32.1. The summed E-state index contributed by atoms with van der Waals surface area (Å²) in [5.74, 6) is 1.04. The molecule has 6 nitrogen and oxygen atoms in total. The minimum Gasteiger partial charge on any atom is -0.462 e. The summed E-state index contributed by atoms with van der Waals surface area (Å²) in [6.45, 7) is 2.43. The Morgan fingerprint density at radius 1 is 1.48 bits per heavy atom. The van der Waals surface area contributed by atoms with Crippen LogP contribution < -0.4 is 5.32 Å². The Morgan fingerprint density at radius 3 is 3.04 bits per heavy atom. The van der Waals surface area contributed by atoms with E-state index in [1.807, 2.05) is 13.0 Å². The number of rotatable bonds is 4. The van der Waals surface area contributed by atoms with E-state index < -0.39 is 6.04 Å². The van der Waals surface area contributed by atoms with E-state index >= 15 is 0 Å². The van der Waals surface area contributed by atoms with Crippen molar-refractivity contribution in [3.05, 3.63) is 41.3 Å². The number of likely N-dealkylation sites (tertiary alicyclic amines) is 1. The quantitative estimate of drug-likeness (QED) is 0.874. The van der Waals surface area contributed by atoms with Gasteiger partial charge >= 0.3 is 0 Å². The van der Waals surface area contributed by atoms with Crippen molar-refractivity contribution in [1.82, 2.24) is 9.88 Å². The minimum absolute atomic E-state index is 0.184. The maximum absolute atomic E-state index is 12.3. The summed E-state index contributed by atoms with van der Waals surface area (Å²) in [4.78, 5) is 30.3. The van der Waals surface area contributed by atoms with Gasteiger partial charge in [0, 0.05) is 24.2 Å². The molecule has 23 heavy (non-hydrogen) atoms. The molecule has 0 bridgehead atoms. The number of aryl methyl sites for hydroxylation is 1. The van der Waals surface area contributed by atoms with Crippen LogP contribution >= 0.6 is 11.3 Å². The van der Waals surface area contributed by atoms with E-state index in [1.165, 1.54) is 17.4 Å². The van der Waals surface area contributed by atoms with E-state index in [9.17, 15) is 9.59 Å². The summed E-state index contributed by atoms with van der Waals surface area (Å²) in [7, 11) is 0. The third-order valence-electron chi connectivity index (χ3n) is 3.65. The van der Waals surface area contributed by atoms with Gasteiger partial charge in [-0.05, 0) is 38.0 Å². The number of amides is 2. The van der Waals surface area contributed by atoms with Gasteiger partial charge in [0.15, 0.2) is 5.13 Å². The first kappa shape index (κ1) is 15.5. The van der Waals surface area contributed by atoms with Crippen molar-refractivity contribution >= 4 is 34.4 Å². The van der Waals surface area contributed by atoms with Gasteiger partial charge in [-0.15, -0.1) is 11.3 Å². The van der Waals surface area contributed by atoms with Crippen molar-refractivity contribution in [2.75, 3.05) is 11.9 Å². The third-order valence-corrected chi connectivity index (χ3v) is 4.34. The summed E-state index contributed by atoms with van der Waals surface area (Å²) in [6, 6.07) is 3.19. The number of nitrogens with zero attached hydrogens (tertiary/aromatic N) is 2. The zero-order chi connectivity index (χ0) is 16.2. The fourth-order valence-corrected chi connectivity index (χ4v) is 3.10. The lowest BCUT2D eigenvalue weighted by atomic mass is 10.2. The normalized spacial score (nSPS) is 17.8. The van der Waals surface area contributed by atoms with Crippen molar-refractivity contribution < 1.29 is 14.0 Å². The fraction of sp³-hybridized carbons (Fsp3) is 0.312. The smallest absolute Gasteiger partial charge is 0.248 e. The molecule has 2 amide bonds. The fourth-order valence-electron chi connectivity index (χ4n) is 2.57. The van der Waals surface area contributed by atoms with Crippen LogP contribution in [0.15, 0.2) is 34.2 Å². The van der Waals surface area contributed by atoms with Crippen molar-refractivity contribution in [1.29, 1.82) is 0 Å². The zero-order valence-electron chi connectivity index (χ0n) is 12.7. The van der Waals surface area contributed by atoms with Crippen molar-refractivity contribution in [3.63, 3.8) is 0 Å². The SMILES string of the molecule is Cc1ccc(/C=C/C(=O)N2CCCC2C(=O)Nc2nccs2)o1. The van der Waals surface area contributed by atoms with Crippen LogP contribution in [0.2, 0.25) is 0 Å². The number of furan rings is 1. The maximum Gasteiger partial charge on any atom is 0.248 e. The van der Waals surface area contributed by atoms with Gasteiger partial charge in [0.05, 0.1) is 0 Å². The molecular weight excluding hydrogens is 314 g/mol. The van der Waals surface area contributed by atoms with Crippen molar-refractivity contribution in [2.45, 2.75) is 25.8 Å². The molecule has 0 aliphatic carbocycles. The average molecular weight is 331 g/mol. The second kappa shape index (κ2) is 6.78. The molecule has 1 saturated heterocycles. The molecule has 1 unspecified atom stereocenters. The summed E-state index contributed by atoms with van der Waals surface area (Å²) in [5.41, 5.74) is 0. The molecule has 1 aliphatic rings. The lowest BCUT2D eigenvalue weighted by molar-refractivity contribution is -0.132. The van der Waals surface area contributed by atoms with Crippen LogP contribution in [0, 0.1) is 6.92 Å². The number of anilines is 1. The topological polar surface area (TPSA) is 75.4 Å². The number of carbonyl (C=O) groups is 2. The van der Waals surface area contributed by atoms with Crippen LogP contribution in [-0.4, -0.2) is 34.3 Å². The third kappa shape index (κ3) is 3.68. The molecule has 1 atom stereocenters. The van der Waals surface area contributed by atoms with Crippen LogP contribution in [0.3, 0.4) is 0 Å². The standard InChI is InChI=1S/C16H17N3O3S/c1-11-4-5-12(22-11)6-7-14(20)19-9-2-3-13(19)15(21)18-16-17-8-10-23-16/h4-8,10,13H,2-3,9H2,1H3,(H,17,18,21)/b7-6+. The predicted octanol–water partition coefficient (Wildman–Crippen LogP) is 2.69. The Balaban J connectivity index is 1.64. The number of nitrogens with one attached hydrogen (secondary N) is 1. The molecule has 3 heterocycles. The molecule has 1 N–H and O–H groups in total. The van der Waals surface area contributed by atoms with Crippen LogP contribution in [0.4, 0.5) is 5.13 Å². The van der Waals surface area contributed by atoms with Gasteiger partial charge in [-0.2, -0.15) is 0 Å². The Bertz CT molecular complexity index is 721. The van der Waals surface area contributed by atoms with E-state index in [4.69, 9.17) is 4.42 Å². The minimum atomic E-state index is -0.450. The molecule has 3 rings (SSSR count). The highest BCUT2D eigenvalue weighted by Gasteiger charge is 2.33. The summed E-state index contributed by atoms with van der Waals surface area (Å²) in [5, 5.41) is 5.10. The summed E-state index contributed by atoms with van der Waals surface area (Å²) in [6.07, 6.45) is 6.19. The highest BCUT2D eigenvalue weighted by molar-refractivity contribution is 7.13. The van der Waals surface area contributed by atoms with Crippen LogP contribution in [0.25, 0.3) is 6.08 Å². The Kier molecular flexibility index (Phi) is 4.57. The predicted molar refractivity (Wildman–Crippen MR) is 88.0 cm³/mol. The highest BCUT2D eigenvalue weighted by Crippen LogP contribution is 2.21. The Labute approximate surface area is 137 Å². The molecule has 7 heteroatoms. The van der Waals surface area contributed by atoms with Crippen LogP contribution in [0.5, 0.6) is 0 Å². The molecule has 0 spiro atoms. The molecule has 0 saturated carbocycles. The number of hydrogen-bond acceptors (Lipinski definition) is 5. The molecule has 120 valence electrons. The zero-order valence-corrected chi connectivity index (χ0v) is 13.5. The average Bonchev–Trinajstić information content (AvgIpc) is 3.26. The second-order valence-corrected chi connectivity index (χ2v) is 6.19. The van der Waals surface area contributed by atoms with Gasteiger partial charge < -0.3 is 14.6 Å². The van der Waals surface area contributed by atoms with Gasteiger partial charge in [-0.1, -0.05) is 0 Å². The first-order valence-corrected chi connectivity index (χ1v) is 8.27. The van der Waals surface area contributed by atoms with E-state index in [1.54, 1.807) is 28.6 Å². The number of carbonyl (C=O) groups excluding carboxylic acids is 2. The molecule has 2 aromatic heterocycles. The molecule has 2 aromatic rings. The van der Waals surface area contributed by atoms with Crippen LogP contribution in [0.1, 0.15) is 24.4 Å². The molecule has 0 radical (unpaired) electrons. The lowest BCUT2D eigenvalue weighted by Crippen LogP contribution is -2.42. The van der Waals surface area contributed by atoms with Crippen LogP contribution in [-0.2, 0) is 9.59 Å². The monoisotopic (exact) mass is 331 g/mol. The van der Waals surface area contributed by atoms with E-state index in [0.717, 1.165) is 12.2 Å². The van der Waals surface area contributed by atoms with E-state index in [2.05, 4.69) is 10.3 Å². The van der Waals surface area contributed by atoms with Gasteiger partial charge in [-0.3, -0.25) is 9.59 Å². The first-order chi connectivity index (χ1) is 11.1. The molecule has 0 aromatic carbocycles. The largest absolute Gasteiger partial charge is 0.462 e. The van der Waals surface area contributed by atoms with Gasteiger partial charge in [0.1, 0.15) is 17.6 Å².